The van der Waals surface area contributed by atoms with Crippen LogP contribution in [0, 0.1) is 19.8 Å². The molecule has 0 spiro atoms. The van der Waals surface area contributed by atoms with Gasteiger partial charge in [-0.2, -0.15) is 0 Å². The number of aromatic amines is 1. The number of hydrogen-bond donors (Lipinski definition) is 2. The molecule has 1 fully saturated rings. The number of hydrogen-bond acceptors (Lipinski definition) is 3. The van der Waals surface area contributed by atoms with Crippen molar-refractivity contribution in [3.63, 3.8) is 0 Å². The molecular formula is C18H29N3O2. The van der Waals surface area contributed by atoms with Crippen molar-refractivity contribution in [1.82, 2.24) is 15.2 Å². The minimum absolute atomic E-state index is 0.0460. The Kier molecular flexibility index (Phi) is 5.99. The zero-order chi connectivity index (χ0) is 17.0. The molecule has 0 unspecified atom stereocenters. The molecule has 1 aliphatic rings. The Labute approximate surface area is 138 Å². The van der Waals surface area contributed by atoms with Crippen molar-refractivity contribution in [2.24, 2.45) is 5.92 Å². The maximum absolute atomic E-state index is 12.6. The van der Waals surface area contributed by atoms with Gasteiger partial charge in [-0.1, -0.05) is 20.3 Å². The highest BCUT2D eigenvalue weighted by Gasteiger charge is 2.28. The molecule has 5 nitrogen and oxygen atoms in total. The first-order valence-corrected chi connectivity index (χ1v) is 8.59. The monoisotopic (exact) mass is 319 g/mol. The fourth-order valence-electron chi connectivity index (χ4n) is 3.37. The van der Waals surface area contributed by atoms with E-state index >= 15 is 0 Å². The lowest BCUT2D eigenvalue weighted by atomic mass is 9.99. The molecule has 0 aliphatic carbocycles. The van der Waals surface area contributed by atoms with E-state index in [-0.39, 0.29) is 17.5 Å². The summed E-state index contributed by atoms with van der Waals surface area (Å²) in [5, 5.41) is 2.97. The molecule has 23 heavy (non-hydrogen) atoms. The van der Waals surface area contributed by atoms with Gasteiger partial charge in [0, 0.05) is 24.3 Å². The minimum Gasteiger partial charge on any atom is -0.350 e. The number of rotatable bonds is 5. The van der Waals surface area contributed by atoms with E-state index in [1.165, 1.54) is 0 Å². The van der Waals surface area contributed by atoms with Crippen molar-refractivity contribution in [2.75, 3.05) is 13.1 Å². The molecule has 2 rings (SSSR count). The van der Waals surface area contributed by atoms with E-state index in [1.807, 2.05) is 19.9 Å². The quantitative estimate of drug-likeness (QED) is 0.874. The third-order valence-corrected chi connectivity index (χ3v) is 4.45. The van der Waals surface area contributed by atoms with Gasteiger partial charge in [-0.25, -0.2) is 0 Å². The van der Waals surface area contributed by atoms with E-state index in [1.54, 1.807) is 0 Å². The normalized spacial score (nSPS) is 19.1. The molecule has 0 bridgehead atoms. The molecule has 2 heterocycles. The highest BCUT2D eigenvalue weighted by molar-refractivity contribution is 5.81. The number of carbonyl (C=O) groups excluding carboxylic acids is 1. The topological polar surface area (TPSA) is 65.2 Å². The van der Waals surface area contributed by atoms with Gasteiger partial charge in [0.2, 0.25) is 5.91 Å². The second-order valence-electron chi connectivity index (χ2n) is 7.06. The summed E-state index contributed by atoms with van der Waals surface area (Å²) < 4.78 is 0. The van der Waals surface area contributed by atoms with Crippen LogP contribution >= 0.6 is 0 Å². The SMILES string of the molecule is Cc1cc(C)c(CNC(=O)[C@H]2CCCCN2CC(C)C)c(=O)[nH]1. The van der Waals surface area contributed by atoms with E-state index in [0.29, 0.717) is 18.0 Å². The maximum Gasteiger partial charge on any atom is 0.253 e. The van der Waals surface area contributed by atoms with Crippen molar-refractivity contribution in [3.05, 3.63) is 33.2 Å². The van der Waals surface area contributed by atoms with E-state index in [2.05, 4.69) is 29.0 Å². The maximum atomic E-state index is 12.6. The Balaban J connectivity index is 2.02. The molecule has 0 radical (unpaired) electrons. The Morgan fingerprint density at radius 3 is 2.78 bits per heavy atom. The van der Waals surface area contributed by atoms with Crippen LogP contribution in [0.25, 0.3) is 0 Å². The van der Waals surface area contributed by atoms with Gasteiger partial charge in [0.25, 0.3) is 5.56 Å². The van der Waals surface area contributed by atoms with E-state index in [4.69, 9.17) is 0 Å². The number of piperidine rings is 1. The molecule has 1 atom stereocenters. The van der Waals surface area contributed by atoms with E-state index in [0.717, 1.165) is 43.6 Å². The van der Waals surface area contributed by atoms with Crippen LogP contribution in [0.1, 0.15) is 49.9 Å². The molecule has 1 aliphatic heterocycles. The van der Waals surface area contributed by atoms with E-state index < -0.39 is 0 Å². The predicted molar refractivity (Wildman–Crippen MR) is 92.4 cm³/mol. The number of pyridine rings is 1. The molecule has 0 aromatic carbocycles. The van der Waals surface area contributed by atoms with Crippen LogP contribution in [0.4, 0.5) is 0 Å². The first kappa shape index (κ1) is 17.7. The number of nitrogens with zero attached hydrogens (tertiary/aromatic N) is 1. The van der Waals surface area contributed by atoms with Crippen LogP contribution in [-0.4, -0.2) is 34.9 Å². The highest BCUT2D eigenvalue weighted by atomic mass is 16.2. The zero-order valence-electron chi connectivity index (χ0n) is 14.7. The fourth-order valence-corrected chi connectivity index (χ4v) is 3.37. The second-order valence-corrected chi connectivity index (χ2v) is 7.06. The zero-order valence-corrected chi connectivity index (χ0v) is 14.7. The summed E-state index contributed by atoms with van der Waals surface area (Å²) in [6.07, 6.45) is 3.16. The molecular weight excluding hydrogens is 290 g/mol. The van der Waals surface area contributed by atoms with Gasteiger partial charge in [-0.3, -0.25) is 14.5 Å². The van der Waals surface area contributed by atoms with E-state index in [9.17, 15) is 9.59 Å². The predicted octanol–water partition coefficient (Wildman–Crippen LogP) is 2.12. The molecule has 5 heteroatoms. The molecule has 1 saturated heterocycles. The largest absolute Gasteiger partial charge is 0.350 e. The summed E-state index contributed by atoms with van der Waals surface area (Å²) in [5.74, 6) is 0.593. The summed E-state index contributed by atoms with van der Waals surface area (Å²) in [4.78, 5) is 29.7. The van der Waals surface area contributed by atoms with Crippen molar-refractivity contribution >= 4 is 5.91 Å². The van der Waals surface area contributed by atoms with Gasteiger partial charge in [0.1, 0.15) is 0 Å². The molecule has 1 aromatic heterocycles. The molecule has 1 aromatic rings. The van der Waals surface area contributed by atoms with Crippen LogP contribution in [0.5, 0.6) is 0 Å². The molecule has 1 amide bonds. The van der Waals surface area contributed by atoms with Gasteiger partial charge in [0.15, 0.2) is 0 Å². The number of carbonyl (C=O) groups is 1. The van der Waals surface area contributed by atoms with Gasteiger partial charge >= 0.3 is 0 Å². The Morgan fingerprint density at radius 2 is 2.13 bits per heavy atom. The molecule has 128 valence electrons. The lowest BCUT2D eigenvalue weighted by molar-refractivity contribution is -0.128. The van der Waals surface area contributed by atoms with Crippen molar-refractivity contribution in [3.8, 4) is 0 Å². The smallest absolute Gasteiger partial charge is 0.253 e. The Morgan fingerprint density at radius 1 is 1.39 bits per heavy atom. The Hall–Kier alpha value is -1.62. The van der Waals surface area contributed by atoms with Gasteiger partial charge in [-0.05, 0) is 50.8 Å². The average molecular weight is 319 g/mol. The molecule has 0 saturated carbocycles. The van der Waals surface area contributed by atoms with Crippen molar-refractivity contribution in [1.29, 1.82) is 0 Å². The number of likely N-dealkylation sites (tertiary alicyclic amines) is 1. The standard InChI is InChI=1S/C18H29N3O2/c1-12(2)11-21-8-6-5-7-16(21)18(23)19-10-15-13(3)9-14(4)20-17(15)22/h9,12,16H,5-8,10-11H2,1-4H3,(H,19,23)(H,20,22)/t16-/m1/s1. The highest BCUT2D eigenvalue weighted by Crippen LogP contribution is 2.18. The van der Waals surface area contributed by atoms with Crippen LogP contribution in [-0.2, 0) is 11.3 Å². The third-order valence-electron chi connectivity index (χ3n) is 4.45. The number of aromatic nitrogens is 1. The number of H-pyrrole nitrogens is 1. The summed E-state index contributed by atoms with van der Waals surface area (Å²) in [7, 11) is 0. The summed E-state index contributed by atoms with van der Waals surface area (Å²) >= 11 is 0. The number of aryl methyl sites for hydroxylation is 2. The first-order chi connectivity index (χ1) is 10.9. The summed E-state index contributed by atoms with van der Waals surface area (Å²) in [5.41, 5.74) is 2.31. The van der Waals surface area contributed by atoms with Gasteiger partial charge in [0.05, 0.1) is 6.04 Å². The lowest BCUT2D eigenvalue weighted by Crippen LogP contribution is -2.50. The van der Waals surface area contributed by atoms with Gasteiger partial charge in [-0.15, -0.1) is 0 Å². The van der Waals surface area contributed by atoms with Gasteiger partial charge < -0.3 is 10.3 Å². The van der Waals surface area contributed by atoms with Crippen LogP contribution in [0.2, 0.25) is 0 Å². The number of amides is 1. The van der Waals surface area contributed by atoms with Crippen molar-refractivity contribution in [2.45, 2.75) is 59.5 Å². The fraction of sp³-hybridized carbons (Fsp3) is 0.667. The third kappa shape index (κ3) is 4.67. The molecule has 2 N–H and O–H groups in total. The summed E-state index contributed by atoms with van der Waals surface area (Å²) in [6, 6.07) is 1.88. The first-order valence-electron chi connectivity index (χ1n) is 8.59. The van der Waals surface area contributed by atoms with Crippen molar-refractivity contribution < 1.29 is 4.79 Å². The Bertz CT molecular complexity index is 607. The summed E-state index contributed by atoms with van der Waals surface area (Å²) in [6.45, 7) is 10.4. The van der Waals surface area contributed by atoms with Crippen LogP contribution in [0.15, 0.2) is 10.9 Å². The minimum atomic E-state index is -0.106. The van der Waals surface area contributed by atoms with Crippen LogP contribution < -0.4 is 10.9 Å². The average Bonchev–Trinajstić information content (AvgIpc) is 2.45. The second kappa shape index (κ2) is 7.77. The lowest BCUT2D eigenvalue weighted by Gasteiger charge is -2.35. The van der Waals surface area contributed by atoms with Crippen LogP contribution in [0.3, 0.4) is 0 Å². The number of nitrogens with one attached hydrogen (secondary N) is 2.